The molecule has 0 saturated heterocycles. The molecule has 0 aliphatic carbocycles. The zero-order valence-electron chi connectivity index (χ0n) is 19.2. The third-order valence-electron chi connectivity index (χ3n) is 6.04. The maximum absolute atomic E-state index is 14.8. The van der Waals surface area contributed by atoms with Crippen LogP contribution >= 0.6 is 0 Å². The number of aromatic nitrogens is 1. The minimum absolute atomic E-state index is 0.271. The van der Waals surface area contributed by atoms with E-state index in [4.69, 9.17) is 4.74 Å². The van der Waals surface area contributed by atoms with Crippen LogP contribution < -0.4 is 4.74 Å². The van der Waals surface area contributed by atoms with Crippen LogP contribution in [0, 0.1) is 36.8 Å². The highest BCUT2D eigenvalue weighted by atomic mass is 19.1. The fraction of sp³-hybridized carbons (Fsp3) is 0.250. The summed E-state index contributed by atoms with van der Waals surface area (Å²) in [6.45, 7) is 7.95. The summed E-state index contributed by atoms with van der Waals surface area (Å²) in [6.07, 6.45) is 0.271. The summed E-state index contributed by atoms with van der Waals surface area (Å²) >= 11 is 0. The van der Waals surface area contributed by atoms with Crippen LogP contribution in [0.25, 0.3) is 16.6 Å². The topological polar surface area (TPSA) is 38.0 Å². The van der Waals surface area contributed by atoms with Crippen LogP contribution in [0.4, 0.5) is 8.78 Å². The normalized spacial score (nSPS) is 11.5. The van der Waals surface area contributed by atoms with Crippen LogP contribution in [0.15, 0.2) is 60.7 Å². The highest BCUT2D eigenvalue weighted by molar-refractivity contribution is 5.93. The van der Waals surface area contributed by atoms with E-state index in [1.165, 1.54) is 18.2 Å². The van der Waals surface area contributed by atoms with Crippen molar-refractivity contribution in [2.24, 2.45) is 0 Å². The van der Waals surface area contributed by atoms with Gasteiger partial charge in [0.1, 0.15) is 24.0 Å². The van der Waals surface area contributed by atoms with Gasteiger partial charge in [-0.3, -0.25) is 0 Å². The first kappa shape index (κ1) is 22.5. The van der Waals surface area contributed by atoms with Gasteiger partial charge in [0.15, 0.2) is 0 Å². The van der Waals surface area contributed by atoms with Gasteiger partial charge >= 0.3 is 0 Å². The van der Waals surface area contributed by atoms with Crippen LogP contribution in [0.5, 0.6) is 5.75 Å². The van der Waals surface area contributed by atoms with Crippen LogP contribution in [0.2, 0.25) is 0 Å². The molecule has 3 nitrogen and oxygen atoms in total. The van der Waals surface area contributed by atoms with E-state index < -0.39 is 11.2 Å². The first-order valence-corrected chi connectivity index (χ1v) is 10.9. The first-order valence-electron chi connectivity index (χ1n) is 10.9. The molecule has 0 radical (unpaired) electrons. The Kier molecular flexibility index (Phi) is 5.95. The third kappa shape index (κ3) is 4.21. The molecule has 0 bridgehead atoms. The van der Waals surface area contributed by atoms with Crippen LogP contribution in [0.1, 0.15) is 42.7 Å². The predicted molar refractivity (Wildman–Crippen MR) is 127 cm³/mol. The number of nitriles is 1. The minimum Gasteiger partial charge on any atom is -0.488 e. The van der Waals surface area contributed by atoms with E-state index in [0.717, 1.165) is 22.2 Å². The largest absolute Gasteiger partial charge is 0.488 e. The maximum Gasteiger partial charge on any atom is 0.132 e. The van der Waals surface area contributed by atoms with E-state index in [9.17, 15) is 14.0 Å². The van der Waals surface area contributed by atoms with Crippen molar-refractivity contribution in [1.82, 2.24) is 4.57 Å². The van der Waals surface area contributed by atoms with Gasteiger partial charge in [-0.25, -0.2) is 8.78 Å². The summed E-state index contributed by atoms with van der Waals surface area (Å²) in [6, 6.07) is 19.7. The van der Waals surface area contributed by atoms with Crippen molar-refractivity contribution >= 4 is 10.9 Å². The molecule has 1 heterocycles. The van der Waals surface area contributed by atoms with Crippen molar-refractivity contribution in [2.75, 3.05) is 0 Å². The summed E-state index contributed by atoms with van der Waals surface area (Å²) in [5.41, 5.74) is 4.07. The minimum atomic E-state index is -0.534. The van der Waals surface area contributed by atoms with Crippen LogP contribution in [-0.2, 0) is 12.0 Å². The zero-order chi connectivity index (χ0) is 23.8. The summed E-state index contributed by atoms with van der Waals surface area (Å²) < 4.78 is 36.9. The van der Waals surface area contributed by atoms with Crippen molar-refractivity contribution in [3.8, 4) is 17.5 Å². The Morgan fingerprint density at radius 1 is 1.00 bits per heavy atom. The van der Waals surface area contributed by atoms with E-state index in [2.05, 4.69) is 6.07 Å². The number of hydrogen-bond donors (Lipinski definition) is 0. The average molecular weight is 445 g/mol. The standard InChI is InChI=1S/C28H26F2N2O/c1-18-14-22(10-11-23(18)30)32-24-15-21(29)16-25(33-17-20-8-6-5-7-9-20)26(24)19(2)27(32)28(3,4)12-13-31/h5-11,14-16H,12,17H2,1-4H3. The Balaban J connectivity index is 1.99. The molecule has 0 aliphatic rings. The number of nitrogens with zero attached hydrogens (tertiary/aromatic N) is 2. The summed E-state index contributed by atoms with van der Waals surface area (Å²) in [5.74, 6) is -0.284. The molecule has 0 spiro atoms. The highest BCUT2D eigenvalue weighted by Gasteiger charge is 2.31. The van der Waals surface area contributed by atoms with Crippen molar-refractivity contribution in [3.05, 3.63) is 94.7 Å². The lowest BCUT2D eigenvalue weighted by atomic mass is 9.83. The second kappa shape index (κ2) is 8.71. The molecule has 0 saturated carbocycles. The number of fused-ring (bicyclic) bond motifs is 1. The van der Waals surface area contributed by atoms with Crippen molar-refractivity contribution in [1.29, 1.82) is 5.26 Å². The zero-order valence-corrected chi connectivity index (χ0v) is 19.2. The van der Waals surface area contributed by atoms with E-state index in [1.54, 1.807) is 19.1 Å². The van der Waals surface area contributed by atoms with Gasteiger partial charge in [0.05, 0.1) is 11.6 Å². The smallest absolute Gasteiger partial charge is 0.132 e. The van der Waals surface area contributed by atoms with Gasteiger partial charge < -0.3 is 9.30 Å². The fourth-order valence-electron chi connectivity index (χ4n) is 4.50. The third-order valence-corrected chi connectivity index (χ3v) is 6.04. The Hall–Kier alpha value is -3.65. The Labute approximate surface area is 192 Å². The lowest BCUT2D eigenvalue weighted by Crippen LogP contribution is -2.22. The van der Waals surface area contributed by atoms with E-state index in [-0.39, 0.29) is 12.2 Å². The van der Waals surface area contributed by atoms with E-state index in [0.29, 0.717) is 29.1 Å². The fourth-order valence-corrected chi connectivity index (χ4v) is 4.50. The van der Waals surface area contributed by atoms with Gasteiger partial charge in [-0.05, 0) is 54.8 Å². The average Bonchev–Trinajstić information content (AvgIpc) is 3.07. The number of benzene rings is 3. The predicted octanol–water partition coefficient (Wildman–Crippen LogP) is 7.30. The van der Waals surface area contributed by atoms with Crippen molar-refractivity contribution in [3.63, 3.8) is 0 Å². The van der Waals surface area contributed by atoms with Crippen LogP contribution in [-0.4, -0.2) is 4.57 Å². The Bertz CT molecular complexity index is 1360. The second-order valence-corrected chi connectivity index (χ2v) is 9.03. The van der Waals surface area contributed by atoms with Gasteiger partial charge in [-0.2, -0.15) is 5.26 Å². The van der Waals surface area contributed by atoms with Gasteiger partial charge in [0, 0.05) is 34.7 Å². The Morgan fingerprint density at radius 3 is 2.39 bits per heavy atom. The first-order chi connectivity index (χ1) is 15.7. The molecule has 33 heavy (non-hydrogen) atoms. The molecule has 0 atom stereocenters. The number of halogens is 2. The van der Waals surface area contributed by atoms with Crippen LogP contribution in [0.3, 0.4) is 0 Å². The molecular formula is C28H26F2N2O. The van der Waals surface area contributed by atoms with Gasteiger partial charge in [0.2, 0.25) is 0 Å². The number of hydrogen-bond acceptors (Lipinski definition) is 2. The van der Waals surface area contributed by atoms with E-state index >= 15 is 0 Å². The molecule has 168 valence electrons. The quantitative estimate of drug-likeness (QED) is 0.313. The monoisotopic (exact) mass is 444 g/mol. The molecule has 0 amide bonds. The van der Waals surface area contributed by atoms with Gasteiger partial charge in [-0.1, -0.05) is 44.2 Å². The van der Waals surface area contributed by atoms with Gasteiger partial charge in [0.25, 0.3) is 0 Å². The number of ether oxygens (including phenoxy) is 1. The molecule has 0 N–H and O–H groups in total. The molecule has 0 unspecified atom stereocenters. The Morgan fingerprint density at radius 2 is 1.73 bits per heavy atom. The van der Waals surface area contributed by atoms with Gasteiger partial charge in [-0.15, -0.1) is 0 Å². The summed E-state index contributed by atoms with van der Waals surface area (Å²) in [5, 5.41) is 10.3. The molecule has 1 aromatic heterocycles. The SMILES string of the molecule is Cc1cc(-n2c(C(C)(C)CC#N)c(C)c3c(OCc4ccccc4)cc(F)cc32)ccc1F. The molecule has 3 aromatic carbocycles. The van der Waals surface area contributed by atoms with Crippen molar-refractivity contribution < 1.29 is 13.5 Å². The molecular weight excluding hydrogens is 418 g/mol. The van der Waals surface area contributed by atoms with E-state index in [1.807, 2.05) is 55.7 Å². The lowest BCUT2D eigenvalue weighted by Gasteiger charge is -2.26. The molecule has 0 fully saturated rings. The van der Waals surface area contributed by atoms with Crippen molar-refractivity contribution in [2.45, 2.75) is 46.1 Å². The lowest BCUT2D eigenvalue weighted by molar-refractivity contribution is 0.308. The molecule has 5 heteroatoms. The number of aryl methyl sites for hydroxylation is 2. The highest BCUT2D eigenvalue weighted by Crippen LogP contribution is 2.42. The molecule has 4 rings (SSSR count). The second-order valence-electron chi connectivity index (χ2n) is 9.03. The number of rotatable bonds is 6. The maximum atomic E-state index is 14.8. The summed E-state index contributed by atoms with van der Waals surface area (Å²) in [4.78, 5) is 0. The molecule has 4 aromatic rings. The summed E-state index contributed by atoms with van der Waals surface area (Å²) in [7, 11) is 0. The molecule has 0 aliphatic heterocycles.